The molecule has 0 fully saturated rings. The maximum Gasteiger partial charge on any atom is 0.113 e. The Morgan fingerprint density at radius 2 is 2.44 bits per heavy atom. The topological polar surface area (TPSA) is 29.9 Å². The maximum atomic E-state index is 4.49. The number of hydrogen-bond donors (Lipinski definition) is 1. The Kier molecular flexibility index (Phi) is 3.48. The Morgan fingerprint density at radius 1 is 1.50 bits per heavy atom. The van der Waals surface area contributed by atoms with Gasteiger partial charge in [-0.05, 0) is 31.9 Å². The Bertz CT molecular complexity index is 515. The highest BCUT2D eigenvalue weighted by molar-refractivity contribution is 7.11. The van der Waals surface area contributed by atoms with E-state index in [0.29, 0.717) is 5.92 Å². The van der Waals surface area contributed by atoms with Gasteiger partial charge in [0.2, 0.25) is 0 Å². The van der Waals surface area contributed by atoms with Crippen LogP contribution in [0.3, 0.4) is 0 Å². The van der Waals surface area contributed by atoms with Crippen molar-refractivity contribution in [2.45, 2.75) is 38.8 Å². The van der Waals surface area contributed by atoms with Gasteiger partial charge in [0.15, 0.2) is 0 Å². The number of nitrogens with zero attached hydrogens (tertiary/aromatic N) is 2. The van der Waals surface area contributed by atoms with E-state index in [4.69, 9.17) is 0 Å². The van der Waals surface area contributed by atoms with Crippen molar-refractivity contribution in [2.75, 3.05) is 6.54 Å². The first-order valence-electron chi connectivity index (χ1n) is 6.60. The first-order valence-corrected chi connectivity index (χ1v) is 7.41. The highest BCUT2D eigenvalue weighted by Crippen LogP contribution is 2.25. The molecule has 96 valence electrons. The third kappa shape index (κ3) is 2.49. The molecule has 0 radical (unpaired) electrons. The quantitative estimate of drug-likeness (QED) is 0.917. The van der Waals surface area contributed by atoms with Gasteiger partial charge in [0.25, 0.3) is 0 Å². The average Bonchev–Trinajstić information content (AvgIpc) is 2.98. The van der Waals surface area contributed by atoms with Crippen molar-refractivity contribution in [1.82, 2.24) is 14.9 Å². The summed E-state index contributed by atoms with van der Waals surface area (Å²) in [6, 6.07) is 4.41. The highest BCUT2D eigenvalue weighted by atomic mass is 32.1. The molecule has 0 spiro atoms. The van der Waals surface area contributed by atoms with Gasteiger partial charge in [-0.3, -0.25) is 0 Å². The number of imidazole rings is 1. The minimum atomic E-state index is 0.579. The molecule has 0 saturated carbocycles. The van der Waals surface area contributed by atoms with E-state index in [9.17, 15) is 0 Å². The molecule has 1 N–H and O–H groups in total. The molecule has 0 saturated heterocycles. The molecule has 1 aliphatic rings. The Morgan fingerprint density at radius 3 is 3.28 bits per heavy atom. The van der Waals surface area contributed by atoms with E-state index in [1.54, 1.807) is 0 Å². The third-order valence-electron chi connectivity index (χ3n) is 3.55. The van der Waals surface area contributed by atoms with Crippen molar-refractivity contribution in [2.24, 2.45) is 0 Å². The van der Waals surface area contributed by atoms with Crippen LogP contribution in [0.1, 0.15) is 34.3 Å². The van der Waals surface area contributed by atoms with E-state index in [1.807, 2.05) is 17.5 Å². The molecule has 0 bridgehead atoms. The number of rotatable bonds is 4. The molecule has 0 aliphatic carbocycles. The standard InChI is InChI=1S/C14H19N3S/c1-11-4-5-13(18-11)10-15-9-12-3-2-7-17-8-6-16-14(12)17/h4-6,8,12,15H,2-3,7,9-10H2,1H3/t12-/m0/s1. The second-order valence-electron chi connectivity index (χ2n) is 4.96. The minimum Gasteiger partial charge on any atom is -0.335 e. The normalized spacial score (nSPS) is 18.8. The zero-order chi connectivity index (χ0) is 12.4. The molecule has 0 aromatic carbocycles. The second kappa shape index (κ2) is 5.24. The lowest BCUT2D eigenvalue weighted by Gasteiger charge is -2.23. The molecule has 3 nitrogen and oxygen atoms in total. The molecule has 4 heteroatoms. The zero-order valence-electron chi connectivity index (χ0n) is 10.7. The maximum absolute atomic E-state index is 4.49. The van der Waals surface area contributed by atoms with Crippen molar-refractivity contribution in [3.63, 3.8) is 0 Å². The van der Waals surface area contributed by atoms with Crippen molar-refractivity contribution in [1.29, 1.82) is 0 Å². The molecular formula is C14H19N3S. The van der Waals surface area contributed by atoms with Gasteiger partial charge in [-0.15, -0.1) is 11.3 Å². The van der Waals surface area contributed by atoms with E-state index in [2.05, 4.69) is 40.1 Å². The van der Waals surface area contributed by atoms with Crippen LogP contribution in [0, 0.1) is 6.92 Å². The Balaban J connectivity index is 1.55. The van der Waals surface area contributed by atoms with Crippen LogP contribution in [0.2, 0.25) is 0 Å². The minimum absolute atomic E-state index is 0.579. The molecule has 0 unspecified atom stereocenters. The molecule has 0 amide bonds. The lowest BCUT2D eigenvalue weighted by atomic mass is 9.99. The van der Waals surface area contributed by atoms with Gasteiger partial charge in [0.1, 0.15) is 5.82 Å². The van der Waals surface area contributed by atoms with Crippen LogP contribution >= 0.6 is 11.3 Å². The summed E-state index contributed by atoms with van der Waals surface area (Å²) in [4.78, 5) is 7.31. The van der Waals surface area contributed by atoms with Gasteiger partial charge >= 0.3 is 0 Å². The average molecular weight is 261 g/mol. The van der Waals surface area contributed by atoms with Crippen LogP contribution in [0.4, 0.5) is 0 Å². The summed E-state index contributed by atoms with van der Waals surface area (Å²) in [5.74, 6) is 1.84. The second-order valence-corrected chi connectivity index (χ2v) is 6.33. The predicted molar refractivity (Wildman–Crippen MR) is 75.0 cm³/mol. The number of hydrogen-bond acceptors (Lipinski definition) is 3. The molecule has 3 heterocycles. The summed E-state index contributed by atoms with van der Waals surface area (Å²) in [6.45, 7) is 5.31. The Hall–Kier alpha value is -1.13. The van der Waals surface area contributed by atoms with E-state index >= 15 is 0 Å². The summed E-state index contributed by atoms with van der Waals surface area (Å²) in [5.41, 5.74) is 0. The first-order chi connectivity index (χ1) is 8.83. The van der Waals surface area contributed by atoms with Gasteiger partial charge < -0.3 is 9.88 Å². The SMILES string of the molecule is Cc1ccc(CNC[C@@H]2CCCn3ccnc32)s1. The summed E-state index contributed by atoms with van der Waals surface area (Å²) in [7, 11) is 0. The lowest BCUT2D eigenvalue weighted by Crippen LogP contribution is -2.26. The van der Waals surface area contributed by atoms with Crippen LogP contribution in [0.5, 0.6) is 0 Å². The van der Waals surface area contributed by atoms with Crippen molar-refractivity contribution in [3.05, 3.63) is 40.1 Å². The number of aryl methyl sites for hydroxylation is 2. The van der Waals surface area contributed by atoms with E-state index in [0.717, 1.165) is 19.6 Å². The fraction of sp³-hybridized carbons (Fsp3) is 0.500. The number of fused-ring (bicyclic) bond motifs is 1. The monoisotopic (exact) mass is 261 g/mol. The van der Waals surface area contributed by atoms with Crippen LogP contribution in [-0.2, 0) is 13.1 Å². The van der Waals surface area contributed by atoms with E-state index < -0.39 is 0 Å². The lowest BCUT2D eigenvalue weighted by molar-refractivity contribution is 0.423. The Labute approximate surface area is 112 Å². The van der Waals surface area contributed by atoms with Crippen LogP contribution in [0.15, 0.2) is 24.5 Å². The van der Waals surface area contributed by atoms with E-state index in [-0.39, 0.29) is 0 Å². The highest BCUT2D eigenvalue weighted by Gasteiger charge is 2.20. The summed E-state index contributed by atoms with van der Waals surface area (Å²) < 4.78 is 2.30. The summed E-state index contributed by atoms with van der Waals surface area (Å²) >= 11 is 1.88. The summed E-state index contributed by atoms with van der Waals surface area (Å²) in [5, 5.41) is 3.57. The van der Waals surface area contributed by atoms with Gasteiger partial charge in [0, 0.05) is 47.7 Å². The molecule has 3 rings (SSSR count). The molecule has 2 aromatic rings. The fourth-order valence-electron chi connectivity index (χ4n) is 2.65. The van der Waals surface area contributed by atoms with Crippen molar-refractivity contribution >= 4 is 11.3 Å². The molecule has 1 aliphatic heterocycles. The predicted octanol–water partition coefficient (Wildman–Crippen LogP) is 2.92. The number of nitrogens with one attached hydrogen (secondary N) is 1. The van der Waals surface area contributed by atoms with E-state index in [1.165, 1.54) is 28.4 Å². The van der Waals surface area contributed by atoms with Crippen LogP contribution in [0.25, 0.3) is 0 Å². The third-order valence-corrected chi connectivity index (χ3v) is 4.55. The molecule has 1 atom stereocenters. The number of thiophene rings is 1. The number of aromatic nitrogens is 2. The first kappa shape index (κ1) is 11.9. The summed E-state index contributed by atoms with van der Waals surface area (Å²) in [6.07, 6.45) is 6.56. The van der Waals surface area contributed by atoms with Crippen LogP contribution < -0.4 is 5.32 Å². The van der Waals surface area contributed by atoms with Crippen LogP contribution in [-0.4, -0.2) is 16.1 Å². The zero-order valence-corrected chi connectivity index (χ0v) is 11.5. The smallest absolute Gasteiger partial charge is 0.113 e. The fourth-order valence-corrected chi connectivity index (χ4v) is 3.51. The molecule has 18 heavy (non-hydrogen) atoms. The van der Waals surface area contributed by atoms with Gasteiger partial charge in [0.05, 0.1) is 0 Å². The van der Waals surface area contributed by atoms with Crippen molar-refractivity contribution in [3.8, 4) is 0 Å². The molecule has 2 aromatic heterocycles. The largest absolute Gasteiger partial charge is 0.335 e. The van der Waals surface area contributed by atoms with Gasteiger partial charge in [-0.2, -0.15) is 0 Å². The molecular weight excluding hydrogens is 242 g/mol. The van der Waals surface area contributed by atoms with Crippen molar-refractivity contribution < 1.29 is 0 Å². The van der Waals surface area contributed by atoms with Gasteiger partial charge in [-0.25, -0.2) is 4.98 Å². The van der Waals surface area contributed by atoms with Gasteiger partial charge in [-0.1, -0.05) is 0 Å².